The summed E-state index contributed by atoms with van der Waals surface area (Å²) in [5, 5.41) is 8.37. The first-order valence-electron chi connectivity index (χ1n) is 6.80. The minimum atomic E-state index is -0.229. The minimum absolute atomic E-state index is 0.0992. The van der Waals surface area contributed by atoms with Gasteiger partial charge in [-0.05, 0) is 38.3 Å². The third-order valence-electron chi connectivity index (χ3n) is 3.24. The first-order valence-corrected chi connectivity index (χ1v) is 6.80. The lowest BCUT2D eigenvalue weighted by atomic mass is 10.1. The summed E-state index contributed by atoms with van der Waals surface area (Å²) >= 11 is 0. The van der Waals surface area contributed by atoms with Crippen molar-refractivity contribution in [3.05, 3.63) is 23.5 Å². The molecule has 0 spiro atoms. The van der Waals surface area contributed by atoms with Crippen LogP contribution in [0.1, 0.15) is 24.2 Å². The van der Waals surface area contributed by atoms with Gasteiger partial charge >= 0.3 is 6.03 Å². The van der Waals surface area contributed by atoms with Crippen LogP contribution in [0, 0.1) is 19.8 Å². The number of rotatable bonds is 4. The summed E-state index contributed by atoms with van der Waals surface area (Å²) in [5.74, 6) is 0.426. The predicted octanol–water partition coefficient (Wildman–Crippen LogP) is 1.35. The van der Waals surface area contributed by atoms with Gasteiger partial charge in [0.25, 0.3) is 0 Å². The first kappa shape index (κ1) is 14.3. The van der Waals surface area contributed by atoms with Gasteiger partial charge in [-0.25, -0.2) is 4.79 Å². The summed E-state index contributed by atoms with van der Waals surface area (Å²) in [4.78, 5) is 27.0. The molecule has 0 bridgehead atoms. The number of aryl methyl sites for hydroxylation is 2. The molecule has 2 rings (SSSR count). The van der Waals surface area contributed by atoms with E-state index in [9.17, 15) is 9.59 Å². The number of aromatic nitrogens is 1. The third kappa shape index (κ3) is 4.22. The highest BCUT2D eigenvalue weighted by Crippen LogP contribution is 2.12. The van der Waals surface area contributed by atoms with Crippen molar-refractivity contribution in [3.8, 4) is 0 Å². The molecule has 1 aliphatic heterocycles. The zero-order valence-corrected chi connectivity index (χ0v) is 11.8. The van der Waals surface area contributed by atoms with Gasteiger partial charge in [0.2, 0.25) is 5.91 Å². The van der Waals surface area contributed by atoms with Crippen LogP contribution >= 0.6 is 0 Å². The summed E-state index contributed by atoms with van der Waals surface area (Å²) < 4.78 is 0. The molecule has 0 saturated carbocycles. The Morgan fingerprint density at radius 1 is 1.40 bits per heavy atom. The van der Waals surface area contributed by atoms with E-state index in [1.807, 2.05) is 26.0 Å². The molecule has 1 aromatic rings. The zero-order valence-electron chi connectivity index (χ0n) is 11.8. The molecule has 1 saturated heterocycles. The number of amides is 3. The molecule has 6 heteroatoms. The van der Waals surface area contributed by atoms with Gasteiger partial charge in [-0.15, -0.1) is 0 Å². The maximum Gasteiger partial charge on any atom is 0.319 e. The Balaban J connectivity index is 1.73. The fourth-order valence-electron chi connectivity index (χ4n) is 2.34. The molecule has 1 aromatic heterocycles. The number of hydrogen-bond donors (Lipinski definition) is 3. The van der Waals surface area contributed by atoms with E-state index in [1.165, 1.54) is 0 Å². The van der Waals surface area contributed by atoms with Gasteiger partial charge in [0.1, 0.15) is 0 Å². The Bertz CT molecular complexity index is 496. The van der Waals surface area contributed by atoms with Crippen molar-refractivity contribution in [3.63, 3.8) is 0 Å². The van der Waals surface area contributed by atoms with E-state index in [4.69, 9.17) is 0 Å². The fraction of sp³-hybridized carbons (Fsp3) is 0.500. The Morgan fingerprint density at radius 2 is 2.10 bits per heavy atom. The molecule has 108 valence electrons. The van der Waals surface area contributed by atoms with Crippen molar-refractivity contribution in [2.75, 3.05) is 18.4 Å². The normalized spacial score (nSPS) is 17.7. The molecule has 0 aromatic carbocycles. The van der Waals surface area contributed by atoms with Crippen molar-refractivity contribution >= 4 is 17.6 Å². The largest absolute Gasteiger partial charge is 0.356 e. The smallest absolute Gasteiger partial charge is 0.319 e. The summed E-state index contributed by atoms with van der Waals surface area (Å²) in [6, 6.07) is 3.42. The Morgan fingerprint density at radius 3 is 2.70 bits per heavy atom. The Kier molecular flexibility index (Phi) is 4.55. The highest BCUT2D eigenvalue weighted by Gasteiger charge is 2.20. The van der Waals surface area contributed by atoms with E-state index in [-0.39, 0.29) is 11.9 Å². The van der Waals surface area contributed by atoms with Crippen LogP contribution in [-0.4, -0.2) is 30.0 Å². The summed E-state index contributed by atoms with van der Waals surface area (Å²) in [6.45, 7) is 5.06. The average Bonchev–Trinajstić information content (AvgIpc) is 2.73. The van der Waals surface area contributed by atoms with Crippen molar-refractivity contribution in [1.82, 2.24) is 15.6 Å². The molecule has 1 unspecified atom stereocenters. The maximum absolute atomic E-state index is 11.7. The standard InChI is InChI=1S/C14H20N4O2/c1-9-5-12(6-10(2)17-9)18-14(20)15-4-3-11-7-13(19)16-8-11/h5-6,11H,3-4,7-8H2,1-2H3,(H,16,19)(H2,15,17,18,20). The zero-order chi connectivity index (χ0) is 14.5. The van der Waals surface area contributed by atoms with Crippen LogP contribution in [-0.2, 0) is 4.79 Å². The summed E-state index contributed by atoms with van der Waals surface area (Å²) in [7, 11) is 0. The Hall–Kier alpha value is -2.11. The highest BCUT2D eigenvalue weighted by molar-refractivity contribution is 5.89. The number of hydrogen-bond acceptors (Lipinski definition) is 3. The molecule has 0 radical (unpaired) electrons. The number of carbonyl (C=O) groups excluding carboxylic acids is 2. The monoisotopic (exact) mass is 276 g/mol. The number of nitrogens with zero attached hydrogens (tertiary/aromatic N) is 1. The first-order chi connectivity index (χ1) is 9.52. The quantitative estimate of drug-likeness (QED) is 0.776. The van der Waals surface area contributed by atoms with Gasteiger partial charge in [-0.1, -0.05) is 0 Å². The minimum Gasteiger partial charge on any atom is -0.356 e. The molecule has 3 N–H and O–H groups in total. The van der Waals surface area contributed by atoms with Crippen molar-refractivity contribution in [2.45, 2.75) is 26.7 Å². The van der Waals surface area contributed by atoms with Crippen molar-refractivity contribution in [1.29, 1.82) is 0 Å². The van der Waals surface area contributed by atoms with Crippen molar-refractivity contribution in [2.24, 2.45) is 5.92 Å². The molecule has 1 aliphatic rings. The van der Waals surface area contributed by atoms with Gasteiger partial charge in [-0.2, -0.15) is 0 Å². The van der Waals surface area contributed by atoms with E-state index in [0.29, 0.717) is 25.4 Å². The van der Waals surface area contributed by atoms with Gasteiger partial charge in [-0.3, -0.25) is 9.78 Å². The number of pyridine rings is 1. The van der Waals surface area contributed by atoms with Crippen LogP contribution in [0.3, 0.4) is 0 Å². The van der Waals surface area contributed by atoms with Crippen LogP contribution in [0.2, 0.25) is 0 Å². The highest BCUT2D eigenvalue weighted by atomic mass is 16.2. The second kappa shape index (κ2) is 6.36. The third-order valence-corrected chi connectivity index (χ3v) is 3.24. The van der Waals surface area contributed by atoms with Crippen LogP contribution < -0.4 is 16.0 Å². The molecule has 2 heterocycles. The van der Waals surface area contributed by atoms with Gasteiger partial charge in [0.15, 0.2) is 0 Å². The second-order valence-electron chi connectivity index (χ2n) is 5.18. The van der Waals surface area contributed by atoms with E-state index in [1.54, 1.807) is 0 Å². The van der Waals surface area contributed by atoms with E-state index in [0.717, 1.165) is 23.5 Å². The van der Waals surface area contributed by atoms with Crippen LogP contribution in [0.4, 0.5) is 10.5 Å². The molecule has 0 aliphatic carbocycles. The van der Waals surface area contributed by atoms with Crippen molar-refractivity contribution < 1.29 is 9.59 Å². The summed E-state index contributed by atoms with van der Waals surface area (Å²) in [6.07, 6.45) is 1.37. The van der Waals surface area contributed by atoms with Gasteiger partial charge in [0, 0.05) is 36.6 Å². The topological polar surface area (TPSA) is 83.1 Å². The maximum atomic E-state index is 11.7. The molecule has 6 nitrogen and oxygen atoms in total. The molecule has 3 amide bonds. The lowest BCUT2D eigenvalue weighted by Crippen LogP contribution is -2.30. The molecule has 20 heavy (non-hydrogen) atoms. The van der Waals surface area contributed by atoms with Crippen LogP contribution in [0.15, 0.2) is 12.1 Å². The molecule has 1 fully saturated rings. The van der Waals surface area contributed by atoms with Gasteiger partial charge in [0.05, 0.1) is 0 Å². The van der Waals surface area contributed by atoms with E-state index >= 15 is 0 Å². The van der Waals surface area contributed by atoms with Crippen LogP contribution in [0.25, 0.3) is 0 Å². The van der Waals surface area contributed by atoms with Gasteiger partial charge < -0.3 is 16.0 Å². The number of urea groups is 1. The lowest BCUT2D eigenvalue weighted by molar-refractivity contribution is -0.119. The number of anilines is 1. The Labute approximate surface area is 118 Å². The SMILES string of the molecule is Cc1cc(NC(=O)NCCC2CNC(=O)C2)cc(C)n1. The average molecular weight is 276 g/mol. The second-order valence-corrected chi connectivity index (χ2v) is 5.18. The predicted molar refractivity (Wildman–Crippen MR) is 76.5 cm³/mol. The number of carbonyl (C=O) groups is 2. The molecule has 1 atom stereocenters. The van der Waals surface area contributed by atoms with E-state index < -0.39 is 0 Å². The molecular weight excluding hydrogens is 256 g/mol. The molecular formula is C14H20N4O2. The summed E-state index contributed by atoms with van der Waals surface area (Å²) in [5.41, 5.74) is 2.48. The van der Waals surface area contributed by atoms with Crippen LogP contribution in [0.5, 0.6) is 0 Å². The fourth-order valence-corrected chi connectivity index (χ4v) is 2.34. The lowest BCUT2D eigenvalue weighted by Gasteiger charge is -2.10. The number of nitrogens with one attached hydrogen (secondary N) is 3. The van der Waals surface area contributed by atoms with E-state index in [2.05, 4.69) is 20.9 Å².